The molecule has 0 aromatic rings. The molecule has 1 unspecified atom stereocenters. The number of nitrogens with zero attached hydrogens (tertiary/aromatic N) is 1. The lowest BCUT2D eigenvalue weighted by Crippen LogP contribution is -2.43. The van der Waals surface area contributed by atoms with Gasteiger partial charge in [-0.05, 0) is 18.8 Å². The average molecular weight is 225 g/mol. The average Bonchev–Trinajstić information content (AvgIpc) is 2.30. The van der Waals surface area contributed by atoms with Gasteiger partial charge in [0.15, 0.2) is 5.41 Å². The summed E-state index contributed by atoms with van der Waals surface area (Å²) in [5.41, 5.74) is -0.987. The number of carbonyl (C=O) groups excluding carboxylic acids is 1. The van der Waals surface area contributed by atoms with Crippen LogP contribution in [-0.2, 0) is 9.53 Å². The smallest absolute Gasteiger partial charge is 0.327 e. The molecule has 0 aliphatic rings. The molecule has 0 aromatic carbocycles. The van der Waals surface area contributed by atoms with E-state index in [1.807, 2.05) is 27.7 Å². The predicted octanol–water partition coefficient (Wildman–Crippen LogP) is 3.15. The third kappa shape index (κ3) is 2.55. The minimum Gasteiger partial charge on any atom is -0.465 e. The molecule has 0 saturated heterocycles. The van der Waals surface area contributed by atoms with Gasteiger partial charge in [-0.15, -0.1) is 0 Å². The lowest BCUT2D eigenvalue weighted by atomic mass is 9.67. The van der Waals surface area contributed by atoms with Crippen LogP contribution in [0.4, 0.5) is 0 Å². The first-order valence-corrected chi connectivity index (χ1v) is 6.09. The Bertz CT molecular complexity index is 258. The molecule has 3 nitrogen and oxygen atoms in total. The molecular formula is C13H23NO2. The maximum Gasteiger partial charge on any atom is 0.327 e. The van der Waals surface area contributed by atoms with Crippen molar-refractivity contribution in [2.45, 2.75) is 47.5 Å². The van der Waals surface area contributed by atoms with Crippen molar-refractivity contribution in [3.8, 4) is 6.07 Å². The Hall–Kier alpha value is -1.04. The summed E-state index contributed by atoms with van der Waals surface area (Å²) in [6.45, 7) is 10.00. The molecule has 0 radical (unpaired) electrons. The molecule has 0 amide bonds. The number of hydrogen-bond acceptors (Lipinski definition) is 3. The highest BCUT2D eigenvalue weighted by atomic mass is 16.5. The minimum absolute atomic E-state index is 0.0199. The van der Waals surface area contributed by atoms with Crippen LogP contribution in [-0.4, -0.2) is 12.6 Å². The zero-order chi connectivity index (χ0) is 12.8. The van der Waals surface area contributed by atoms with Crippen LogP contribution in [0, 0.1) is 28.6 Å². The van der Waals surface area contributed by atoms with Crippen molar-refractivity contribution in [2.24, 2.45) is 17.3 Å². The summed E-state index contributed by atoms with van der Waals surface area (Å²) < 4.78 is 5.08. The highest BCUT2D eigenvalue weighted by Gasteiger charge is 2.48. The number of esters is 1. The Morgan fingerprint density at radius 2 is 1.69 bits per heavy atom. The third-order valence-corrected chi connectivity index (χ3v) is 3.58. The van der Waals surface area contributed by atoms with Crippen molar-refractivity contribution in [2.75, 3.05) is 6.61 Å². The van der Waals surface area contributed by atoms with Gasteiger partial charge in [0.25, 0.3) is 0 Å². The van der Waals surface area contributed by atoms with Crippen LogP contribution >= 0.6 is 0 Å². The van der Waals surface area contributed by atoms with Gasteiger partial charge < -0.3 is 4.74 Å². The molecule has 0 rings (SSSR count). The van der Waals surface area contributed by atoms with Crippen LogP contribution in [0.25, 0.3) is 0 Å². The molecule has 16 heavy (non-hydrogen) atoms. The summed E-state index contributed by atoms with van der Waals surface area (Å²) in [5, 5.41) is 9.43. The maximum atomic E-state index is 12.1. The number of hydrogen-bond donors (Lipinski definition) is 0. The molecule has 0 aliphatic heterocycles. The predicted molar refractivity (Wildman–Crippen MR) is 63.6 cm³/mol. The van der Waals surface area contributed by atoms with Crippen molar-refractivity contribution in [3.05, 3.63) is 0 Å². The van der Waals surface area contributed by atoms with Gasteiger partial charge in [-0.25, -0.2) is 0 Å². The van der Waals surface area contributed by atoms with Gasteiger partial charge in [-0.1, -0.05) is 40.5 Å². The van der Waals surface area contributed by atoms with E-state index >= 15 is 0 Å². The molecule has 92 valence electrons. The highest BCUT2D eigenvalue weighted by Crippen LogP contribution is 2.40. The second-order valence-electron chi connectivity index (χ2n) is 4.32. The largest absolute Gasteiger partial charge is 0.465 e. The highest BCUT2D eigenvalue weighted by molar-refractivity contribution is 5.80. The molecule has 0 spiro atoms. The lowest BCUT2D eigenvalue weighted by Gasteiger charge is -2.34. The fourth-order valence-electron chi connectivity index (χ4n) is 2.05. The lowest BCUT2D eigenvalue weighted by molar-refractivity contribution is -0.158. The summed E-state index contributed by atoms with van der Waals surface area (Å²) in [6.07, 6.45) is 1.60. The quantitative estimate of drug-likeness (QED) is 0.652. The van der Waals surface area contributed by atoms with Gasteiger partial charge in [0.1, 0.15) is 0 Å². The zero-order valence-electron chi connectivity index (χ0n) is 11.0. The van der Waals surface area contributed by atoms with Crippen LogP contribution in [0.3, 0.4) is 0 Å². The van der Waals surface area contributed by atoms with Gasteiger partial charge in [-0.3, -0.25) is 4.79 Å². The Balaban J connectivity index is 5.29. The van der Waals surface area contributed by atoms with Crippen LogP contribution in [0.1, 0.15) is 47.5 Å². The number of nitriles is 1. The van der Waals surface area contributed by atoms with E-state index in [-0.39, 0.29) is 17.8 Å². The standard InChI is InChI=1S/C13H23NO2/c1-6-10(4)13(9-14,11(5)7-2)12(15)16-8-3/h10-11H,6-8H2,1-5H3/t10-,11+,13?. The zero-order valence-corrected chi connectivity index (χ0v) is 11.0. The van der Waals surface area contributed by atoms with Crippen molar-refractivity contribution in [3.63, 3.8) is 0 Å². The van der Waals surface area contributed by atoms with Crippen LogP contribution in [0.5, 0.6) is 0 Å². The van der Waals surface area contributed by atoms with E-state index in [2.05, 4.69) is 6.07 Å². The Morgan fingerprint density at radius 3 is 1.94 bits per heavy atom. The molecule has 0 N–H and O–H groups in total. The number of rotatable bonds is 6. The summed E-state index contributed by atoms with van der Waals surface area (Å²) in [6, 6.07) is 2.23. The number of carbonyl (C=O) groups is 1. The fraction of sp³-hybridized carbons (Fsp3) is 0.846. The van der Waals surface area contributed by atoms with Crippen LogP contribution in [0.15, 0.2) is 0 Å². The maximum absolute atomic E-state index is 12.1. The van der Waals surface area contributed by atoms with E-state index in [1.54, 1.807) is 6.92 Å². The first kappa shape index (κ1) is 15.0. The molecule has 0 saturated carbocycles. The molecule has 0 aromatic heterocycles. The van der Waals surface area contributed by atoms with Crippen LogP contribution in [0.2, 0.25) is 0 Å². The summed E-state index contributed by atoms with van der Waals surface area (Å²) in [7, 11) is 0. The monoisotopic (exact) mass is 225 g/mol. The normalized spacial score (nSPS) is 18.0. The van der Waals surface area contributed by atoms with Gasteiger partial charge in [-0.2, -0.15) is 5.26 Å². The summed E-state index contributed by atoms with van der Waals surface area (Å²) in [5.74, 6) is -0.320. The molecule has 0 fully saturated rings. The van der Waals surface area contributed by atoms with E-state index in [1.165, 1.54) is 0 Å². The molecule has 0 aliphatic carbocycles. The van der Waals surface area contributed by atoms with E-state index in [4.69, 9.17) is 4.74 Å². The molecular weight excluding hydrogens is 202 g/mol. The van der Waals surface area contributed by atoms with Gasteiger partial charge in [0, 0.05) is 0 Å². The fourth-order valence-corrected chi connectivity index (χ4v) is 2.05. The van der Waals surface area contributed by atoms with E-state index in [0.717, 1.165) is 12.8 Å². The van der Waals surface area contributed by atoms with E-state index < -0.39 is 5.41 Å². The van der Waals surface area contributed by atoms with Crippen molar-refractivity contribution < 1.29 is 9.53 Å². The second-order valence-corrected chi connectivity index (χ2v) is 4.32. The van der Waals surface area contributed by atoms with Gasteiger partial charge >= 0.3 is 5.97 Å². The second kappa shape index (κ2) is 6.52. The van der Waals surface area contributed by atoms with E-state index in [9.17, 15) is 10.1 Å². The van der Waals surface area contributed by atoms with Crippen molar-refractivity contribution >= 4 is 5.97 Å². The van der Waals surface area contributed by atoms with Gasteiger partial charge in [0.2, 0.25) is 0 Å². The Morgan fingerprint density at radius 1 is 1.25 bits per heavy atom. The third-order valence-electron chi connectivity index (χ3n) is 3.58. The molecule has 0 heterocycles. The first-order chi connectivity index (χ1) is 7.50. The molecule has 3 heteroatoms. The SMILES string of the molecule is CCOC(=O)C(C#N)([C@H](C)CC)[C@@H](C)CC. The van der Waals surface area contributed by atoms with E-state index in [0.29, 0.717) is 6.61 Å². The Labute approximate surface area is 98.8 Å². The summed E-state index contributed by atoms with van der Waals surface area (Å²) >= 11 is 0. The minimum atomic E-state index is -0.987. The van der Waals surface area contributed by atoms with Crippen molar-refractivity contribution in [1.29, 1.82) is 5.26 Å². The van der Waals surface area contributed by atoms with Crippen molar-refractivity contribution in [1.82, 2.24) is 0 Å². The first-order valence-electron chi connectivity index (χ1n) is 6.09. The van der Waals surface area contributed by atoms with Gasteiger partial charge in [0.05, 0.1) is 12.7 Å². The number of ether oxygens (including phenoxy) is 1. The molecule has 0 bridgehead atoms. The van der Waals surface area contributed by atoms with Crippen LogP contribution < -0.4 is 0 Å². The topological polar surface area (TPSA) is 50.1 Å². The summed E-state index contributed by atoms with van der Waals surface area (Å²) in [4.78, 5) is 12.1. The molecule has 3 atom stereocenters. The Kier molecular flexibility index (Phi) is 6.10.